The maximum absolute atomic E-state index is 13.4. The lowest BCUT2D eigenvalue weighted by Crippen LogP contribution is -1.93. The van der Waals surface area contributed by atoms with E-state index in [-0.39, 0.29) is 17.3 Å². The number of phenols is 1. The van der Waals surface area contributed by atoms with Gasteiger partial charge in [0, 0.05) is 42.0 Å². The lowest BCUT2D eigenvalue weighted by molar-refractivity contribution is -0.384. The fourth-order valence-corrected chi connectivity index (χ4v) is 2.67. The van der Waals surface area contributed by atoms with Gasteiger partial charge in [0.2, 0.25) is 0 Å². The van der Waals surface area contributed by atoms with Crippen molar-refractivity contribution >= 4 is 23.7 Å². The first-order chi connectivity index (χ1) is 11.1. The van der Waals surface area contributed by atoms with Crippen LogP contribution in [0.1, 0.15) is 11.1 Å². The third-order valence-electron chi connectivity index (χ3n) is 3.03. The number of benzene rings is 2. The van der Waals surface area contributed by atoms with Crippen molar-refractivity contribution < 1.29 is 14.4 Å². The Morgan fingerprint density at radius 1 is 1.30 bits per heavy atom. The Morgan fingerprint density at radius 2 is 2.09 bits per heavy atom. The van der Waals surface area contributed by atoms with Crippen LogP contribution < -0.4 is 0 Å². The number of rotatable bonds is 7. The molecule has 0 fully saturated rings. The summed E-state index contributed by atoms with van der Waals surface area (Å²) < 4.78 is 13.4. The molecule has 0 bridgehead atoms. The second-order valence-electron chi connectivity index (χ2n) is 4.68. The number of nitro groups is 1. The van der Waals surface area contributed by atoms with Crippen LogP contribution in [0, 0.1) is 15.9 Å². The molecule has 1 N–H and O–H groups in total. The van der Waals surface area contributed by atoms with Crippen molar-refractivity contribution in [3.8, 4) is 5.75 Å². The van der Waals surface area contributed by atoms with Crippen molar-refractivity contribution in [2.24, 2.45) is 4.99 Å². The maximum atomic E-state index is 13.4. The van der Waals surface area contributed by atoms with E-state index in [1.54, 1.807) is 30.0 Å². The summed E-state index contributed by atoms with van der Waals surface area (Å²) in [5, 5.41) is 20.3. The Kier molecular flexibility index (Phi) is 6.10. The summed E-state index contributed by atoms with van der Waals surface area (Å²) in [6.45, 7) is 0.473. The summed E-state index contributed by atoms with van der Waals surface area (Å²) in [4.78, 5) is 14.3. The van der Waals surface area contributed by atoms with Gasteiger partial charge in [-0.05, 0) is 17.7 Å². The molecule has 0 aliphatic rings. The van der Waals surface area contributed by atoms with Crippen molar-refractivity contribution in [1.29, 1.82) is 0 Å². The Balaban J connectivity index is 1.82. The van der Waals surface area contributed by atoms with Crippen LogP contribution in [0.4, 0.5) is 10.1 Å². The molecule has 0 aliphatic carbocycles. The summed E-state index contributed by atoms with van der Waals surface area (Å²) in [5.41, 5.74) is 0.856. The van der Waals surface area contributed by atoms with Gasteiger partial charge in [-0.3, -0.25) is 15.1 Å². The van der Waals surface area contributed by atoms with Crippen molar-refractivity contribution in [3.63, 3.8) is 0 Å². The second kappa shape index (κ2) is 8.28. The molecule has 0 spiro atoms. The van der Waals surface area contributed by atoms with E-state index in [2.05, 4.69) is 4.99 Å². The molecule has 5 nitrogen and oxygen atoms in total. The number of non-ortho nitro benzene ring substituents is 1. The molecular weight excluding hydrogens is 319 g/mol. The van der Waals surface area contributed by atoms with Crippen LogP contribution in [0.5, 0.6) is 5.75 Å². The highest BCUT2D eigenvalue weighted by molar-refractivity contribution is 7.98. The monoisotopic (exact) mass is 334 g/mol. The summed E-state index contributed by atoms with van der Waals surface area (Å²) in [6.07, 6.45) is 1.41. The quantitative estimate of drug-likeness (QED) is 0.362. The fraction of sp³-hybridized carbons (Fsp3) is 0.188. The average molecular weight is 334 g/mol. The third-order valence-corrected chi connectivity index (χ3v) is 4.02. The molecule has 2 rings (SSSR count). The van der Waals surface area contributed by atoms with Gasteiger partial charge in [0.1, 0.15) is 11.6 Å². The van der Waals surface area contributed by atoms with Gasteiger partial charge < -0.3 is 5.11 Å². The van der Waals surface area contributed by atoms with E-state index < -0.39 is 4.92 Å². The van der Waals surface area contributed by atoms with Crippen LogP contribution in [0.3, 0.4) is 0 Å². The van der Waals surface area contributed by atoms with Crippen molar-refractivity contribution in [2.75, 3.05) is 12.3 Å². The van der Waals surface area contributed by atoms with Crippen LogP contribution >= 0.6 is 11.8 Å². The molecule has 0 aliphatic heterocycles. The molecule has 0 radical (unpaired) electrons. The number of nitrogens with zero attached hydrogens (tertiary/aromatic N) is 2. The molecule has 2 aromatic rings. The minimum Gasteiger partial charge on any atom is -0.507 e. The summed E-state index contributed by atoms with van der Waals surface area (Å²) in [7, 11) is 0. The Labute approximate surface area is 137 Å². The number of nitro benzene ring substituents is 1. The van der Waals surface area contributed by atoms with Gasteiger partial charge in [0.05, 0.1) is 4.92 Å². The molecule has 0 aromatic heterocycles. The van der Waals surface area contributed by atoms with Crippen LogP contribution in [-0.2, 0) is 5.75 Å². The predicted molar refractivity (Wildman–Crippen MR) is 89.8 cm³/mol. The van der Waals surface area contributed by atoms with Gasteiger partial charge in [-0.1, -0.05) is 18.2 Å². The van der Waals surface area contributed by atoms with Gasteiger partial charge in [0.25, 0.3) is 5.69 Å². The third kappa shape index (κ3) is 5.07. The van der Waals surface area contributed by atoms with E-state index in [1.807, 2.05) is 0 Å². The molecule has 120 valence electrons. The Hall–Kier alpha value is -2.41. The molecule has 0 atom stereocenters. The first-order valence-corrected chi connectivity index (χ1v) is 8.02. The normalized spacial score (nSPS) is 11.0. The molecule has 7 heteroatoms. The number of hydrogen-bond donors (Lipinski definition) is 1. The number of aliphatic imine (C=N–C) groups is 1. The van der Waals surface area contributed by atoms with E-state index in [9.17, 15) is 19.6 Å². The predicted octanol–water partition coefficient (Wildman–Crippen LogP) is 3.79. The van der Waals surface area contributed by atoms with Crippen molar-refractivity contribution in [2.45, 2.75) is 5.75 Å². The topological polar surface area (TPSA) is 75.7 Å². The SMILES string of the molecule is O=[N+]([O-])c1ccc(O)c(C=NCCSCc2ccccc2F)c1. The van der Waals surface area contributed by atoms with E-state index in [0.29, 0.717) is 29.2 Å². The van der Waals surface area contributed by atoms with Crippen LogP contribution in [-0.4, -0.2) is 28.5 Å². The minimum absolute atomic E-state index is 0.0571. The van der Waals surface area contributed by atoms with Gasteiger partial charge in [-0.25, -0.2) is 4.39 Å². The molecule has 0 amide bonds. The largest absolute Gasteiger partial charge is 0.507 e. The van der Waals surface area contributed by atoms with Crippen LogP contribution in [0.25, 0.3) is 0 Å². The fourth-order valence-electron chi connectivity index (χ4n) is 1.84. The van der Waals surface area contributed by atoms with Crippen molar-refractivity contribution in [3.05, 3.63) is 69.5 Å². The van der Waals surface area contributed by atoms with E-state index in [1.165, 1.54) is 30.5 Å². The second-order valence-corrected chi connectivity index (χ2v) is 5.78. The maximum Gasteiger partial charge on any atom is 0.270 e. The first kappa shape index (κ1) is 17.0. The molecule has 0 saturated heterocycles. The number of phenolic OH excluding ortho intramolecular Hbond substituents is 1. The molecule has 23 heavy (non-hydrogen) atoms. The molecular formula is C16H15FN2O3S. The van der Waals surface area contributed by atoms with E-state index >= 15 is 0 Å². The van der Waals surface area contributed by atoms with Gasteiger partial charge in [-0.15, -0.1) is 0 Å². The smallest absolute Gasteiger partial charge is 0.270 e. The molecule has 0 unspecified atom stereocenters. The van der Waals surface area contributed by atoms with Crippen LogP contribution in [0.2, 0.25) is 0 Å². The molecule has 0 heterocycles. The summed E-state index contributed by atoms with van der Waals surface area (Å²) in [5.74, 6) is 0.966. The zero-order valence-electron chi connectivity index (χ0n) is 12.2. The minimum atomic E-state index is -0.527. The highest BCUT2D eigenvalue weighted by Crippen LogP contribution is 2.21. The lowest BCUT2D eigenvalue weighted by atomic mass is 10.2. The number of thioether (sulfide) groups is 1. The van der Waals surface area contributed by atoms with Gasteiger partial charge in [-0.2, -0.15) is 11.8 Å². The van der Waals surface area contributed by atoms with E-state index in [4.69, 9.17) is 0 Å². The van der Waals surface area contributed by atoms with E-state index in [0.717, 1.165) is 0 Å². The van der Waals surface area contributed by atoms with Crippen LogP contribution in [0.15, 0.2) is 47.5 Å². The number of aromatic hydroxyl groups is 1. The van der Waals surface area contributed by atoms with Crippen molar-refractivity contribution in [1.82, 2.24) is 0 Å². The summed E-state index contributed by atoms with van der Waals surface area (Å²) in [6, 6.07) is 10.4. The first-order valence-electron chi connectivity index (χ1n) is 6.86. The zero-order valence-corrected chi connectivity index (χ0v) is 13.0. The van der Waals surface area contributed by atoms with Gasteiger partial charge in [0.15, 0.2) is 0 Å². The number of hydrogen-bond acceptors (Lipinski definition) is 5. The molecule has 0 saturated carbocycles. The average Bonchev–Trinajstić information content (AvgIpc) is 2.53. The van der Waals surface area contributed by atoms with Gasteiger partial charge >= 0.3 is 0 Å². The number of halogens is 1. The summed E-state index contributed by atoms with van der Waals surface area (Å²) >= 11 is 1.54. The highest BCUT2D eigenvalue weighted by Gasteiger charge is 2.08. The standard InChI is InChI=1S/C16H15FN2O3S/c17-15-4-2-1-3-12(15)11-23-8-7-18-10-13-9-14(19(21)22)5-6-16(13)20/h1-6,9-10,20H,7-8,11H2. The molecule has 2 aromatic carbocycles. The lowest BCUT2D eigenvalue weighted by Gasteiger charge is -2.02. The Morgan fingerprint density at radius 3 is 2.83 bits per heavy atom. The highest BCUT2D eigenvalue weighted by atomic mass is 32.2. The zero-order chi connectivity index (χ0) is 16.7. The Bertz CT molecular complexity index is 722.